The van der Waals surface area contributed by atoms with Gasteiger partial charge in [-0.15, -0.1) is 0 Å². The first-order chi connectivity index (χ1) is 14.9. The molecule has 3 rings (SSSR count). The summed E-state index contributed by atoms with van der Waals surface area (Å²) in [6, 6.07) is 13.1. The first kappa shape index (κ1) is 23.5. The van der Waals surface area contributed by atoms with E-state index >= 15 is 0 Å². The van der Waals surface area contributed by atoms with Crippen LogP contribution in [-0.2, 0) is 14.5 Å². The summed E-state index contributed by atoms with van der Waals surface area (Å²) < 4.78 is 11.6. The maximum Gasteiger partial charge on any atom is 0.268 e. The van der Waals surface area contributed by atoms with E-state index < -0.39 is 4.87 Å². The average molecular weight is 507 g/mol. The molecule has 1 aliphatic heterocycles. The van der Waals surface area contributed by atoms with Gasteiger partial charge in [0, 0.05) is 36.8 Å². The van der Waals surface area contributed by atoms with Gasteiger partial charge in [0.25, 0.3) is 5.91 Å². The Hall–Kier alpha value is -2.19. The predicted octanol–water partition coefficient (Wildman–Crippen LogP) is 4.65. The molecule has 2 aromatic carbocycles. The first-order valence-electron chi connectivity index (χ1n) is 10.0. The van der Waals surface area contributed by atoms with E-state index in [1.54, 1.807) is 38.2 Å². The molecule has 0 bridgehead atoms. The highest BCUT2D eigenvalue weighted by molar-refractivity contribution is 9.09. The fraction of sp³-hybridized carbons (Fsp3) is 0.391. The summed E-state index contributed by atoms with van der Waals surface area (Å²) in [5.41, 5.74) is 1.41. The second kappa shape index (κ2) is 9.96. The zero-order valence-electron chi connectivity index (χ0n) is 18.2. The van der Waals surface area contributed by atoms with Crippen molar-refractivity contribution < 1.29 is 19.1 Å². The lowest BCUT2D eigenvalue weighted by atomic mass is 10.00. The van der Waals surface area contributed by atoms with Crippen LogP contribution in [-0.4, -0.2) is 49.9 Å². The van der Waals surface area contributed by atoms with Crippen LogP contribution in [0.25, 0.3) is 0 Å². The molecular formula is C23H27BrN2O4S. The van der Waals surface area contributed by atoms with Gasteiger partial charge in [0.1, 0.15) is 11.5 Å². The third-order valence-corrected chi connectivity index (χ3v) is 7.45. The van der Waals surface area contributed by atoms with Gasteiger partial charge in [0.2, 0.25) is 10.8 Å². The number of methoxy groups -OCH3 is 1. The topological polar surface area (TPSA) is 59.1 Å². The molecule has 0 fully saturated rings. The highest BCUT2D eigenvalue weighted by atomic mass is 79.9. The normalized spacial score (nSPS) is 17.8. The van der Waals surface area contributed by atoms with Crippen molar-refractivity contribution in [3.8, 4) is 11.5 Å². The van der Waals surface area contributed by atoms with Crippen molar-refractivity contribution in [1.29, 1.82) is 0 Å². The minimum absolute atomic E-state index is 0.215. The smallest absolute Gasteiger partial charge is 0.268 e. The van der Waals surface area contributed by atoms with Crippen LogP contribution >= 0.6 is 27.7 Å². The maximum atomic E-state index is 13.9. The fourth-order valence-corrected chi connectivity index (χ4v) is 5.48. The molecule has 1 atom stereocenters. The number of carbonyl (C=O) groups excluding carboxylic acids is 2. The Labute approximate surface area is 196 Å². The van der Waals surface area contributed by atoms with E-state index in [9.17, 15) is 9.59 Å². The molecule has 0 spiro atoms. The number of nitrogens with zero attached hydrogens (tertiary/aromatic N) is 2. The lowest BCUT2D eigenvalue weighted by molar-refractivity contribution is -0.138. The number of fused-ring (bicyclic) bond motifs is 1. The van der Waals surface area contributed by atoms with Crippen LogP contribution in [0.2, 0.25) is 0 Å². The van der Waals surface area contributed by atoms with Crippen LogP contribution in [0.1, 0.15) is 25.3 Å². The third-order valence-electron chi connectivity index (χ3n) is 5.36. The zero-order chi connectivity index (χ0) is 22.6. The Bertz CT molecular complexity index is 970. The van der Waals surface area contributed by atoms with Gasteiger partial charge < -0.3 is 19.3 Å². The standard InChI is InChI=1S/C23H27BrN2O4S/c1-16(27)26(3)23(22(28)25(2)19-9-5-6-10-21(19)31-23)18-15-17(29-4)11-12-20(18)30-14-8-7-13-24/h5-6,9-12,15H,7-8,13-14H2,1-4H3. The highest BCUT2D eigenvalue weighted by Crippen LogP contribution is 2.54. The molecule has 0 saturated heterocycles. The number of benzene rings is 2. The number of hydrogen-bond acceptors (Lipinski definition) is 5. The number of hydrogen-bond donors (Lipinski definition) is 0. The number of rotatable bonds is 8. The number of amides is 2. The first-order valence-corrected chi connectivity index (χ1v) is 12.0. The van der Waals surface area contributed by atoms with Gasteiger partial charge in [-0.3, -0.25) is 9.59 Å². The number of unbranched alkanes of at least 4 members (excludes halogenated alkanes) is 1. The van der Waals surface area contributed by atoms with Gasteiger partial charge in [0.05, 0.1) is 19.4 Å². The van der Waals surface area contributed by atoms with E-state index in [0.29, 0.717) is 23.7 Å². The molecule has 0 saturated carbocycles. The second-order valence-corrected chi connectivity index (χ2v) is 9.29. The lowest BCUT2D eigenvalue weighted by Crippen LogP contribution is -2.56. The number of carbonyl (C=O) groups is 2. The molecule has 0 N–H and O–H groups in total. The van der Waals surface area contributed by atoms with Crippen LogP contribution in [0, 0.1) is 0 Å². The Morgan fingerprint density at radius 3 is 2.65 bits per heavy atom. The molecule has 2 aromatic rings. The van der Waals surface area contributed by atoms with Crippen LogP contribution in [0.5, 0.6) is 11.5 Å². The number of anilines is 1. The quantitative estimate of drug-likeness (QED) is 0.385. The van der Waals surface area contributed by atoms with Gasteiger partial charge in [-0.1, -0.05) is 39.8 Å². The largest absolute Gasteiger partial charge is 0.497 e. The Balaban J connectivity index is 2.20. The second-order valence-electron chi connectivity index (χ2n) is 7.26. The minimum atomic E-state index is -1.33. The maximum absolute atomic E-state index is 13.9. The molecule has 0 aromatic heterocycles. The molecule has 1 unspecified atom stereocenters. The van der Waals surface area contributed by atoms with E-state index in [-0.39, 0.29) is 11.8 Å². The molecule has 0 aliphatic carbocycles. The number of halogens is 1. The fourth-order valence-electron chi connectivity index (χ4n) is 3.55. The van der Waals surface area contributed by atoms with E-state index in [1.165, 1.54) is 23.6 Å². The highest BCUT2D eigenvalue weighted by Gasteiger charge is 2.53. The lowest BCUT2D eigenvalue weighted by Gasteiger charge is -2.46. The summed E-state index contributed by atoms with van der Waals surface area (Å²) >= 11 is 4.79. The Kier molecular flexibility index (Phi) is 7.54. The summed E-state index contributed by atoms with van der Waals surface area (Å²) in [7, 11) is 4.97. The van der Waals surface area contributed by atoms with Gasteiger partial charge in [-0.2, -0.15) is 0 Å². The number of alkyl halides is 1. The minimum Gasteiger partial charge on any atom is -0.497 e. The van der Waals surface area contributed by atoms with Crippen molar-refractivity contribution in [3.05, 3.63) is 48.0 Å². The molecule has 1 aliphatic rings. The molecular weight excluding hydrogens is 480 g/mol. The number of thioether (sulfide) groups is 1. The van der Waals surface area contributed by atoms with E-state index in [0.717, 1.165) is 28.8 Å². The van der Waals surface area contributed by atoms with Crippen molar-refractivity contribution in [2.24, 2.45) is 0 Å². The molecule has 2 amide bonds. The summed E-state index contributed by atoms with van der Waals surface area (Å²) in [6.45, 7) is 1.98. The number of ether oxygens (including phenoxy) is 2. The molecule has 166 valence electrons. The Morgan fingerprint density at radius 1 is 1.23 bits per heavy atom. The molecule has 8 heteroatoms. The predicted molar refractivity (Wildman–Crippen MR) is 127 cm³/mol. The molecule has 6 nitrogen and oxygen atoms in total. The average Bonchev–Trinajstić information content (AvgIpc) is 2.78. The van der Waals surface area contributed by atoms with Gasteiger partial charge in [-0.25, -0.2) is 0 Å². The zero-order valence-corrected chi connectivity index (χ0v) is 20.6. The number of para-hydroxylation sites is 1. The number of likely N-dealkylation sites (N-methyl/N-ethyl adjacent to an activating group) is 2. The summed E-state index contributed by atoms with van der Waals surface area (Å²) in [5, 5.41) is 0.902. The Morgan fingerprint density at radius 2 is 1.97 bits per heavy atom. The summed E-state index contributed by atoms with van der Waals surface area (Å²) in [5.74, 6) is 0.723. The molecule has 31 heavy (non-hydrogen) atoms. The SMILES string of the molecule is COc1ccc(OCCCCBr)c(C2(N(C)C(C)=O)Sc3ccccc3N(C)C2=O)c1. The van der Waals surface area contributed by atoms with Gasteiger partial charge >= 0.3 is 0 Å². The van der Waals surface area contributed by atoms with E-state index in [4.69, 9.17) is 9.47 Å². The third kappa shape index (κ3) is 4.41. The van der Waals surface area contributed by atoms with Crippen molar-refractivity contribution in [3.63, 3.8) is 0 Å². The molecule has 0 radical (unpaired) electrons. The van der Waals surface area contributed by atoms with Crippen LogP contribution in [0.15, 0.2) is 47.4 Å². The summed E-state index contributed by atoms with van der Waals surface area (Å²) in [4.78, 5) is 29.2. The van der Waals surface area contributed by atoms with Gasteiger partial charge in [-0.05, 0) is 43.2 Å². The van der Waals surface area contributed by atoms with E-state index in [2.05, 4.69) is 15.9 Å². The molecule has 1 heterocycles. The van der Waals surface area contributed by atoms with Crippen LogP contribution in [0.4, 0.5) is 5.69 Å². The van der Waals surface area contributed by atoms with E-state index in [1.807, 2.05) is 30.3 Å². The van der Waals surface area contributed by atoms with Crippen molar-refractivity contribution in [1.82, 2.24) is 4.90 Å². The van der Waals surface area contributed by atoms with Crippen molar-refractivity contribution in [2.75, 3.05) is 38.0 Å². The van der Waals surface area contributed by atoms with Crippen molar-refractivity contribution >= 4 is 45.2 Å². The van der Waals surface area contributed by atoms with Crippen LogP contribution in [0.3, 0.4) is 0 Å². The van der Waals surface area contributed by atoms with Crippen LogP contribution < -0.4 is 14.4 Å². The monoisotopic (exact) mass is 506 g/mol. The van der Waals surface area contributed by atoms with Gasteiger partial charge in [0.15, 0.2) is 0 Å². The summed E-state index contributed by atoms with van der Waals surface area (Å²) in [6.07, 6.45) is 1.85. The van der Waals surface area contributed by atoms with Crippen molar-refractivity contribution in [2.45, 2.75) is 29.5 Å².